The molecule has 0 saturated carbocycles. The van der Waals surface area contributed by atoms with E-state index in [0.29, 0.717) is 24.0 Å². The first-order valence-corrected chi connectivity index (χ1v) is 27.1. The van der Waals surface area contributed by atoms with Gasteiger partial charge in [0, 0.05) is 126 Å². The predicted octanol–water partition coefficient (Wildman–Crippen LogP) is 15.7. The first-order chi connectivity index (χ1) is 40.7. The van der Waals surface area contributed by atoms with Crippen LogP contribution in [0.15, 0.2) is 59.5 Å². The molecule has 7 rings (SSSR count). The predicted molar refractivity (Wildman–Crippen MR) is 279 cm³/mol. The van der Waals surface area contributed by atoms with Gasteiger partial charge in [-0.1, -0.05) is 86.9 Å². The van der Waals surface area contributed by atoms with Gasteiger partial charge >= 0.3 is 113 Å². The fourth-order valence-corrected chi connectivity index (χ4v) is 8.52. The van der Waals surface area contributed by atoms with Crippen molar-refractivity contribution >= 4 is 17.5 Å². The molecule has 7 aromatic rings. The Morgan fingerprint density at radius 3 is 1.24 bits per heavy atom. The molecule has 0 aliphatic rings. The van der Waals surface area contributed by atoms with E-state index in [1.807, 2.05) is 32.0 Å². The molecule has 89 heavy (non-hydrogen) atoms. The maximum Gasteiger partial charge on any atom is 2.00 e. The molecule has 7 aromatic carbocycles. The van der Waals surface area contributed by atoms with E-state index >= 15 is 0 Å². The van der Waals surface area contributed by atoms with Gasteiger partial charge in [-0.15, -0.1) is 29.8 Å². The molecule has 28 heteroatoms. The number of unbranched alkanes of at least 4 members (excludes halogenated alkanes) is 2. The SMILES string of the molecule is CCCCc1c(F)c(F)[c-]c(F)c1F.CCCCc1cc[c-]cc1S(=O)(=O)OC.Cc1c(F)c(F)[c-]c(F)c1F.Cc1cc[c-]cc1COOB=O.N#Cc1c(CCCc2c(F)c(F)[c-]c(F)c2F)cccc1CCCc1c(F)c(F)[c-]c(F)c1F.[W+2].[W+2].[Y]. The average molecular weight is 1700 g/mol. The first-order valence-electron chi connectivity index (χ1n) is 25.6. The third-order valence-corrected chi connectivity index (χ3v) is 13.6. The van der Waals surface area contributed by atoms with Crippen LogP contribution in [0.1, 0.15) is 108 Å². The summed E-state index contributed by atoms with van der Waals surface area (Å²) in [5, 5.41) is 9.56. The molecule has 0 aromatic heterocycles. The third-order valence-electron chi connectivity index (χ3n) is 12.3. The Morgan fingerprint density at radius 1 is 0.506 bits per heavy atom. The van der Waals surface area contributed by atoms with Crippen molar-refractivity contribution in [1.29, 1.82) is 5.26 Å². The van der Waals surface area contributed by atoms with E-state index < -0.39 is 125 Å². The van der Waals surface area contributed by atoms with Crippen molar-refractivity contribution in [3.05, 3.63) is 240 Å². The second-order valence-electron chi connectivity index (χ2n) is 18.0. The molecular formula is C61H50BF16NO6SW2Y-2. The van der Waals surface area contributed by atoms with Gasteiger partial charge in [0.05, 0.1) is 18.7 Å². The van der Waals surface area contributed by atoms with Crippen molar-refractivity contribution in [3.63, 3.8) is 0 Å². The maximum atomic E-state index is 13.8. The maximum absolute atomic E-state index is 13.8. The van der Waals surface area contributed by atoms with E-state index in [1.165, 1.54) is 37.4 Å². The van der Waals surface area contributed by atoms with Gasteiger partial charge in [0.1, 0.15) is 0 Å². The van der Waals surface area contributed by atoms with Gasteiger partial charge in [0.25, 0.3) is 0 Å². The largest absolute Gasteiger partial charge is 2.00 e. The molecule has 0 amide bonds. The number of aryl methyl sites for hydroxylation is 4. The van der Waals surface area contributed by atoms with Crippen LogP contribution in [0.2, 0.25) is 0 Å². The van der Waals surface area contributed by atoms with E-state index in [9.17, 15) is 88.6 Å². The summed E-state index contributed by atoms with van der Waals surface area (Å²) in [6.45, 7) is 7.05. The summed E-state index contributed by atoms with van der Waals surface area (Å²) in [5.41, 5.74) is 1.35. The molecule has 0 fully saturated rings. The van der Waals surface area contributed by atoms with Crippen LogP contribution >= 0.6 is 0 Å². The monoisotopic (exact) mass is 1700 g/mol. The van der Waals surface area contributed by atoms with Crippen LogP contribution in [0, 0.1) is 155 Å². The molecule has 0 unspecified atom stereocenters. The minimum atomic E-state index is -3.59. The van der Waals surface area contributed by atoms with Crippen molar-refractivity contribution in [2.75, 3.05) is 7.11 Å². The average Bonchev–Trinajstić information content (AvgIpc) is 2.68. The summed E-state index contributed by atoms with van der Waals surface area (Å²) >= 11 is 0. The van der Waals surface area contributed by atoms with Crippen molar-refractivity contribution in [3.8, 4) is 6.07 Å². The minimum absolute atomic E-state index is 0. The van der Waals surface area contributed by atoms with E-state index in [-0.39, 0.29) is 144 Å². The Morgan fingerprint density at radius 2 is 0.865 bits per heavy atom. The summed E-state index contributed by atoms with van der Waals surface area (Å²) < 4.78 is 246. The molecule has 0 saturated heterocycles. The van der Waals surface area contributed by atoms with Crippen LogP contribution in [-0.2, 0) is 149 Å². The van der Waals surface area contributed by atoms with Crippen LogP contribution in [0.5, 0.6) is 0 Å². The normalized spacial score (nSPS) is 10.3. The number of nitrogens with zero attached hydrogens (tertiary/aromatic N) is 1. The Bertz CT molecular complexity index is 3400. The molecule has 1 radical (unpaired) electrons. The zero-order valence-electron chi connectivity index (χ0n) is 47.7. The van der Waals surface area contributed by atoms with Crippen LogP contribution in [0.3, 0.4) is 0 Å². The second-order valence-corrected chi connectivity index (χ2v) is 19.7. The van der Waals surface area contributed by atoms with E-state index in [2.05, 4.69) is 32.9 Å². The number of halogens is 16. The summed E-state index contributed by atoms with van der Waals surface area (Å²) in [7, 11) is -2.17. The third kappa shape index (κ3) is 25.2. The standard InChI is InChI=1S/C25H15F8N.C11H15O3S.C10H9F4.C8H8BO3.C7H3F4.2W.Y/c26-18-10-19(27)23(31)15(22(18)30)8-2-6-13-4-1-5-14(17(13)12-34)7-3-9-16-24(32)20(28)11-21(29)25(16)33;1-3-4-7-10-8-5-6-9-11(10)15(12,13)14-2;1-2-3-4-6-9(13)7(11)5-8(12)10(6)14;1-7-4-2-3-5-8(7)6-11-12-9-10;1-3-6(10)4(8)2-5(9)7(3)11;;;/h1,4-5H,2-3,6-9H2;5,8-9H,3-4,7H2,1-2H3;2-4H2,1H3;2,4-5H,6H2,1H3;1H3;;;/q-2;4*-1;2*+2;. The topological polar surface area (TPSA) is 103 Å². The molecule has 0 heterocycles. The molecule has 0 aliphatic heterocycles. The van der Waals surface area contributed by atoms with Crippen LogP contribution in [-0.4, -0.2) is 22.9 Å². The van der Waals surface area contributed by atoms with Crippen molar-refractivity contribution in [2.45, 2.75) is 116 Å². The van der Waals surface area contributed by atoms with E-state index in [4.69, 9.17) is 0 Å². The fraction of sp³-hybridized carbons (Fsp3) is 0.295. The van der Waals surface area contributed by atoms with E-state index in [0.717, 1.165) is 42.9 Å². The Hall–Kier alpha value is -5.07. The first kappa shape index (κ1) is 83.9. The van der Waals surface area contributed by atoms with Crippen LogP contribution < -0.4 is 0 Å². The van der Waals surface area contributed by atoms with Gasteiger partial charge < -0.3 is 0 Å². The number of rotatable bonds is 20. The smallest absolute Gasteiger partial charge is 0.281 e. The summed E-state index contributed by atoms with van der Waals surface area (Å²) in [6.07, 6.45) is 3.66. The van der Waals surface area contributed by atoms with Crippen LogP contribution in [0.4, 0.5) is 70.2 Å². The molecular weight excluding hydrogens is 1650 g/mol. The van der Waals surface area contributed by atoms with Crippen molar-refractivity contribution in [1.82, 2.24) is 0 Å². The molecule has 0 aliphatic carbocycles. The molecule has 0 atom stereocenters. The molecule has 0 bridgehead atoms. The summed E-state index contributed by atoms with van der Waals surface area (Å²) in [6, 6.07) is 28.2. The van der Waals surface area contributed by atoms with Gasteiger partial charge in [0.15, 0.2) is 0 Å². The summed E-state index contributed by atoms with van der Waals surface area (Å²) in [4.78, 5) is 8.90. The number of benzene rings is 7. The van der Waals surface area contributed by atoms with Gasteiger partial charge in [-0.2, -0.15) is 29.5 Å². The minimum Gasteiger partial charge on any atom is -0.281 e. The van der Waals surface area contributed by atoms with Crippen molar-refractivity contribution < 1.29 is 172 Å². The number of hydrogen-bond donors (Lipinski definition) is 0. The van der Waals surface area contributed by atoms with E-state index in [1.54, 1.807) is 36.4 Å². The van der Waals surface area contributed by atoms with Gasteiger partial charge in [-0.25, -0.2) is 43.5 Å². The molecule has 0 N–H and O–H groups in total. The molecule has 0 spiro atoms. The Kier molecular flexibility index (Phi) is 39.7. The van der Waals surface area contributed by atoms with Gasteiger partial charge in [-0.3, -0.25) is 39.3 Å². The quantitative estimate of drug-likeness (QED) is 0.0109. The Balaban J connectivity index is 0.00000118. The zero-order valence-corrected chi connectivity index (χ0v) is 57.2. The molecule has 473 valence electrons. The summed E-state index contributed by atoms with van der Waals surface area (Å²) in [5.74, 6) is -24.0. The van der Waals surface area contributed by atoms with Crippen molar-refractivity contribution in [2.24, 2.45) is 0 Å². The van der Waals surface area contributed by atoms with Gasteiger partial charge in [-0.05, 0) is 67.4 Å². The zero-order chi connectivity index (χ0) is 64.4. The number of hydrogen-bond acceptors (Lipinski definition) is 7. The molecule has 7 nitrogen and oxygen atoms in total. The fourth-order valence-electron chi connectivity index (χ4n) is 7.64. The second kappa shape index (κ2) is 42.1. The number of nitriles is 1. The Labute approximate surface area is 559 Å². The van der Waals surface area contributed by atoms with Crippen LogP contribution in [0.25, 0.3) is 0 Å². The van der Waals surface area contributed by atoms with Gasteiger partial charge in [0.2, 0.25) is 10.1 Å².